The quantitative estimate of drug-likeness (QED) is 0.587. The van der Waals surface area contributed by atoms with Crippen LogP contribution in [0.5, 0.6) is 5.75 Å². The maximum Gasteiger partial charge on any atom is 0.123 e. The summed E-state index contributed by atoms with van der Waals surface area (Å²) < 4.78 is 25.7. The van der Waals surface area contributed by atoms with Gasteiger partial charge in [0.1, 0.15) is 11.6 Å². The van der Waals surface area contributed by atoms with Crippen molar-refractivity contribution in [3.8, 4) is 5.75 Å². The van der Waals surface area contributed by atoms with Gasteiger partial charge in [-0.1, -0.05) is 48.6 Å². The molecule has 0 heterocycles. The number of halogens is 2. The highest BCUT2D eigenvalue weighted by atomic mass is 19.1. The van der Waals surface area contributed by atoms with E-state index < -0.39 is 0 Å². The molecule has 0 aliphatic carbocycles. The fraction of sp³-hybridized carbons (Fsp3) is 0.130. The first-order valence-corrected chi connectivity index (χ1v) is 8.36. The zero-order chi connectivity index (χ0) is 18.9. The van der Waals surface area contributed by atoms with Crippen molar-refractivity contribution < 1.29 is 13.9 Å². The normalized spacial score (nSPS) is 13.1. The first-order chi connectivity index (χ1) is 12.4. The maximum absolute atomic E-state index is 13.0. The molecule has 0 spiro atoms. The van der Waals surface area contributed by atoms with Gasteiger partial charge in [0.15, 0.2) is 0 Å². The Morgan fingerprint density at radius 1 is 0.962 bits per heavy atom. The van der Waals surface area contributed by atoms with Crippen LogP contribution in [0.3, 0.4) is 0 Å². The van der Waals surface area contributed by atoms with Gasteiger partial charge in [-0.15, -0.1) is 0 Å². The van der Waals surface area contributed by atoms with Gasteiger partial charge in [0, 0.05) is 5.56 Å². The molecule has 0 unspecified atom stereocenters. The summed E-state index contributed by atoms with van der Waals surface area (Å²) in [7, 11) is 0. The van der Waals surface area contributed by atoms with E-state index >= 15 is 0 Å². The summed E-state index contributed by atoms with van der Waals surface area (Å²) in [6, 6.07) is 11.8. The van der Waals surface area contributed by atoms with E-state index in [4.69, 9.17) is 0 Å². The van der Waals surface area contributed by atoms with Crippen LogP contribution in [0, 0.1) is 5.82 Å². The van der Waals surface area contributed by atoms with Crippen LogP contribution in [0.2, 0.25) is 0 Å². The molecule has 0 fully saturated rings. The fourth-order valence-corrected chi connectivity index (χ4v) is 2.48. The second kappa shape index (κ2) is 9.52. The van der Waals surface area contributed by atoms with Crippen molar-refractivity contribution in [3.63, 3.8) is 0 Å². The molecule has 0 saturated carbocycles. The summed E-state index contributed by atoms with van der Waals surface area (Å²) >= 11 is 0. The van der Waals surface area contributed by atoms with Crippen LogP contribution in [0.15, 0.2) is 84.2 Å². The molecule has 0 atom stereocenters. The molecule has 3 heteroatoms. The van der Waals surface area contributed by atoms with Gasteiger partial charge >= 0.3 is 0 Å². The van der Waals surface area contributed by atoms with E-state index in [0.717, 1.165) is 16.7 Å². The Morgan fingerprint density at radius 2 is 1.65 bits per heavy atom. The van der Waals surface area contributed by atoms with Crippen LogP contribution < -0.4 is 0 Å². The number of benzene rings is 2. The molecule has 1 N–H and O–H groups in total. The number of phenolic OH excluding ortho intramolecular Hbond substituents is 1. The van der Waals surface area contributed by atoms with Crippen LogP contribution >= 0.6 is 0 Å². The third-order valence-corrected chi connectivity index (χ3v) is 3.70. The lowest BCUT2D eigenvalue weighted by molar-refractivity contribution is 0.474. The lowest BCUT2D eigenvalue weighted by Crippen LogP contribution is -1.89. The number of rotatable bonds is 6. The molecule has 0 aliphatic rings. The standard InChI is InChI=1S/C23H22F2O/c1-17(14-18(2)24)6-4-3-5-7-21-16-20(10-13-23(21)26)15-19-8-11-22(25)12-9-19/h3-14,16,26H,15H2,1-2H3/b4-3+,7-5+,17-6-,18-14+. The van der Waals surface area contributed by atoms with E-state index in [1.54, 1.807) is 30.4 Å². The number of hydrogen-bond acceptors (Lipinski definition) is 1. The van der Waals surface area contributed by atoms with Crippen LogP contribution in [-0.2, 0) is 6.42 Å². The van der Waals surface area contributed by atoms with Crippen molar-refractivity contribution >= 4 is 6.08 Å². The monoisotopic (exact) mass is 352 g/mol. The average molecular weight is 352 g/mol. The molecule has 0 saturated heterocycles. The number of aromatic hydroxyl groups is 1. The molecule has 0 bridgehead atoms. The summed E-state index contributed by atoms with van der Waals surface area (Å²) in [4.78, 5) is 0. The minimum Gasteiger partial charge on any atom is -0.507 e. The van der Waals surface area contributed by atoms with Crippen molar-refractivity contribution in [2.45, 2.75) is 20.3 Å². The zero-order valence-corrected chi connectivity index (χ0v) is 14.9. The van der Waals surface area contributed by atoms with Gasteiger partial charge in [0.25, 0.3) is 0 Å². The molecule has 2 rings (SSSR count). The van der Waals surface area contributed by atoms with Gasteiger partial charge in [0.05, 0.1) is 5.83 Å². The van der Waals surface area contributed by atoms with Crippen molar-refractivity contribution in [1.29, 1.82) is 0 Å². The topological polar surface area (TPSA) is 20.2 Å². The second-order valence-electron chi connectivity index (χ2n) is 6.08. The van der Waals surface area contributed by atoms with Gasteiger partial charge in [-0.3, -0.25) is 0 Å². The molecular formula is C23H22F2O. The highest BCUT2D eigenvalue weighted by molar-refractivity contribution is 5.59. The maximum atomic E-state index is 13.0. The van der Waals surface area contributed by atoms with E-state index in [0.29, 0.717) is 12.0 Å². The summed E-state index contributed by atoms with van der Waals surface area (Å²) in [5, 5.41) is 10.00. The lowest BCUT2D eigenvalue weighted by atomic mass is 10.0. The van der Waals surface area contributed by atoms with Gasteiger partial charge < -0.3 is 5.11 Å². The molecule has 0 amide bonds. The third kappa shape index (κ3) is 6.52. The Balaban J connectivity index is 2.07. The van der Waals surface area contributed by atoms with Crippen LogP contribution in [-0.4, -0.2) is 5.11 Å². The largest absolute Gasteiger partial charge is 0.507 e. The Bertz CT molecular complexity index is 852. The van der Waals surface area contributed by atoms with E-state index in [-0.39, 0.29) is 17.4 Å². The lowest BCUT2D eigenvalue weighted by Gasteiger charge is -2.05. The summed E-state index contributed by atoms with van der Waals surface area (Å²) in [5.74, 6) is -0.290. The Hall–Kier alpha value is -2.94. The van der Waals surface area contributed by atoms with Crippen LogP contribution in [0.4, 0.5) is 8.78 Å². The predicted octanol–water partition coefficient (Wildman–Crippen LogP) is 6.51. The zero-order valence-electron chi connectivity index (χ0n) is 14.9. The minimum atomic E-state index is -0.253. The van der Waals surface area contributed by atoms with Crippen molar-refractivity contribution in [3.05, 3.63) is 107 Å². The Kier molecular flexibility index (Phi) is 7.10. The third-order valence-electron chi connectivity index (χ3n) is 3.70. The van der Waals surface area contributed by atoms with E-state index in [1.165, 1.54) is 25.1 Å². The van der Waals surface area contributed by atoms with Gasteiger partial charge in [-0.25, -0.2) is 8.78 Å². The highest BCUT2D eigenvalue weighted by Crippen LogP contribution is 2.22. The molecule has 1 nitrogen and oxygen atoms in total. The van der Waals surface area contributed by atoms with Crippen LogP contribution in [0.1, 0.15) is 30.5 Å². The minimum absolute atomic E-state index is 0.195. The Morgan fingerprint density at radius 3 is 2.35 bits per heavy atom. The molecule has 0 aliphatic heterocycles. The fourth-order valence-electron chi connectivity index (χ4n) is 2.48. The van der Waals surface area contributed by atoms with Crippen molar-refractivity contribution in [1.82, 2.24) is 0 Å². The summed E-state index contributed by atoms with van der Waals surface area (Å²) in [6.07, 6.45) is 11.2. The van der Waals surface area contributed by atoms with Gasteiger partial charge in [0.2, 0.25) is 0 Å². The number of hydrogen-bond donors (Lipinski definition) is 1. The van der Waals surface area contributed by atoms with E-state index in [1.807, 2.05) is 37.3 Å². The van der Waals surface area contributed by atoms with Gasteiger partial charge in [-0.05, 0) is 67.3 Å². The number of phenols is 1. The molecule has 0 radical (unpaired) electrons. The van der Waals surface area contributed by atoms with Crippen molar-refractivity contribution in [2.75, 3.05) is 0 Å². The molecule has 134 valence electrons. The molecule has 0 aromatic heterocycles. The molecule has 26 heavy (non-hydrogen) atoms. The molecule has 2 aromatic rings. The SMILES string of the molecule is CC(=C/C=C/C=C/c1cc(Cc2ccc(F)cc2)ccc1O)/C=C(\C)F. The first kappa shape index (κ1) is 19.4. The first-order valence-electron chi connectivity index (χ1n) is 8.36. The van der Waals surface area contributed by atoms with E-state index in [9.17, 15) is 13.9 Å². The summed E-state index contributed by atoms with van der Waals surface area (Å²) in [6.45, 7) is 3.23. The molecule has 2 aromatic carbocycles. The highest BCUT2D eigenvalue weighted by Gasteiger charge is 2.02. The van der Waals surface area contributed by atoms with Crippen LogP contribution in [0.25, 0.3) is 6.08 Å². The van der Waals surface area contributed by atoms with E-state index in [2.05, 4.69) is 0 Å². The Labute approximate surface area is 153 Å². The average Bonchev–Trinajstić information content (AvgIpc) is 2.58. The van der Waals surface area contributed by atoms with Crippen molar-refractivity contribution in [2.24, 2.45) is 0 Å². The smallest absolute Gasteiger partial charge is 0.123 e. The van der Waals surface area contributed by atoms with Gasteiger partial charge in [-0.2, -0.15) is 0 Å². The predicted molar refractivity (Wildman–Crippen MR) is 104 cm³/mol. The number of allylic oxidation sites excluding steroid dienone is 7. The molecular weight excluding hydrogens is 330 g/mol. The second-order valence-corrected chi connectivity index (χ2v) is 6.08. The summed E-state index contributed by atoms with van der Waals surface area (Å²) in [5.41, 5.74) is 3.55.